The van der Waals surface area contributed by atoms with E-state index in [4.69, 9.17) is 0 Å². The quantitative estimate of drug-likeness (QED) is 0.772. The Balaban J connectivity index is 2.03. The van der Waals surface area contributed by atoms with Crippen LogP contribution in [0.2, 0.25) is 0 Å². The predicted molar refractivity (Wildman–Crippen MR) is 86.4 cm³/mol. The van der Waals surface area contributed by atoms with Crippen LogP contribution in [0.4, 0.5) is 0 Å². The Bertz CT molecular complexity index is 348. The Morgan fingerprint density at radius 3 is 2.38 bits per heavy atom. The summed E-state index contributed by atoms with van der Waals surface area (Å²) >= 11 is 0. The van der Waals surface area contributed by atoms with E-state index in [2.05, 4.69) is 25.7 Å². The van der Waals surface area contributed by atoms with Crippen molar-refractivity contribution in [3.63, 3.8) is 0 Å². The van der Waals surface area contributed by atoms with Gasteiger partial charge in [0.15, 0.2) is 0 Å². The van der Waals surface area contributed by atoms with Crippen LogP contribution in [0, 0.1) is 11.3 Å². The van der Waals surface area contributed by atoms with Gasteiger partial charge in [-0.3, -0.25) is 9.69 Å². The van der Waals surface area contributed by atoms with Gasteiger partial charge in [-0.2, -0.15) is 0 Å². The van der Waals surface area contributed by atoms with Gasteiger partial charge in [0.1, 0.15) is 6.04 Å². The fourth-order valence-electron chi connectivity index (χ4n) is 4.31. The second-order valence-electron chi connectivity index (χ2n) is 8.17. The maximum absolute atomic E-state index is 11.6. The molecule has 1 saturated heterocycles. The van der Waals surface area contributed by atoms with Gasteiger partial charge in [0.2, 0.25) is 0 Å². The van der Waals surface area contributed by atoms with Crippen molar-refractivity contribution in [1.29, 1.82) is 0 Å². The van der Waals surface area contributed by atoms with Crippen LogP contribution < -0.4 is 0 Å². The maximum Gasteiger partial charge on any atom is 0.320 e. The minimum atomic E-state index is -0.603. The molecule has 0 aromatic rings. The van der Waals surface area contributed by atoms with Crippen molar-refractivity contribution in [1.82, 2.24) is 4.90 Å². The second-order valence-corrected chi connectivity index (χ2v) is 8.17. The van der Waals surface area contributed by atoms with E-state index in [1.807, 2.05) is 0 Å². The molecule has 1 N–H and O–H groups in total. The summed E-state index contributed by atoms with van der Waals surface area (Å²) in [7, 11) is 0. The minimum absolute atomic E-state index is 0.233. The molecule has 3 atom stereocenters. The third kappa shape index (κ3) is 4.45. The predicted octanol–water partition coefficient (Wildman–Crippen LogP) is 4.31. The number of carbonyl (C=O) groups is 1. The summed E-state index contributed by atoms with van der Waals surface area (Å²) in [4.78, 5) is 14.0. The molecule has 0 radical (unpaired) electrons. The first-order valence-corrected chi connectivity index (χ1v) is 8.88. The molecular weight excluding hydrogens is 262 g/mol. The Morgan fingerprint density at radius 1 is 0.952 bits per heavy atom. The zero-order chi connectivity index (χ0) is 15.5. The normalized spacial score (nSPS) is 33.2. The number of hydrogen-bond acceptors (Lipinski definition) is 2. The topological polar surface area (TPSA) is 40.5 Å². The number of hydrogen-bond donors (Lipinski definition) is 1. The lowest BCUT2D eigenvalue weighted by atomic mass is 9.76. The van der Waals surface area contributed by atoms with Crippen molar-refractivity contribution >= 4 is 5.97 Å². The van der Waals surface area contributed by atoms with Crippen molar-refractivity contribution < 1.29 is 9.90 Å². The van der Waals surface area contributed by atoms with Gasteiger partial charge < -0.3 is 5.11 Å². The van der Waals surface area contributed by atoms with Gasteiger partial charge in [0, 0.05) is 6.04 Å². The molecule has 2 fully saturated rings. The van der Waals surface area contributed by atoms with Gasteiger partial charge in [-0.05, 0) is 56.4 Å². The molecule has 1 saturated carbocycles. The summed E-state index contributed by atoms with van der Waals surface area (Å²) in [6.07, 6.45) is 10.5. The van der Waals surface area contributed by atoms with Gasteiger partial charge in [-0.25, -0.2) is 0 Å². The summed E-state index contributed by atoms with van der Waals surface area (Å²) in [5, 5.41) is 9.57. The van der Waals surface area contributed by atoms with Gasteiger partial charge in [0.25, 0.3) is 0 Å². The number of rotatable bonds is 2. The van der Waals surface area contributed by atoms with Crippen molar-refractivity contribution in [2.24, 2.45) is 11.3 Å². The highest BCUT2D eigenvalue weighted by atomic mass is 16.4. The van der Waals surface area contributed by atoms with Crippen LogP contribution in [0.25, 0.3) is 0 Å². The third-order valence-electron chi connectivity index (χ3n) is 5.71. The molecule has 0 aromatic heterocycles. The van der Waals surface area contributed by atoms with E-state index >= 15 is 0 Å². The van der Waals surface area contributed by atoms with Gasteiger partial charge in [-0.1, -0.05) is 40.0 Å². The first-order chi connectivity index (χ1) is 9.89. The lowest BCUT2D eigenvalue weighted by Gasteiger charge is -2.35. The monoisotopic (exact) mass is 295 g/mol. The Hall–Kier alpha value is -0.570. The molecule has 21 heavy (non-hydrogen) atoms. The fourth-order valence-corrected chi connectivity index (χ4v) is 4.31. The zero-order valence-electron chi connectivity index (χ0n) is 14.1. The molecule has 2 rings (SSSR count). The van der Waals surface area contributed by atoms with E-state index in [9.17, 15) is 9.90 Å². The van der Waals surface area contributed by atoms with Crippen molar-refractivity contribution in [3.8, 4) is 0 Å². The summed E-state index contributed by atoms with van der Waals surface area (Å²) in [6.45, 7) is 8.04. The highest BCUT2D eigenvalue weighted by Crippen LogP contribution is 2.38. The molecule has 0 spiro atoms. The van der Waals surface area contributed by atoms with E-state index < -0.39 is 5.97 Å². The molecule has 0 amide bonds. The lowest BCUT2D eigenvalue weighted by Crippen LogP contribution is -2.47. The molecule has 2 aliphatic rings. The molecular formula is C18H33NO2. The van der Waals surface area contributed by atoms with Crippen molar-refractivity contribution in [2.45, 2.75) is 90.6 Å². The average Bonchev–Trinajstić information content (AvgIpc) is 2.78. The third-order valence-corrected chi connectivity index (χ3v) is 5.71. The fraction of sp³-hybridized carbons (Fsp3) is 0.944. The summed E-state index contributed by atoms with van der Waals surface area (Å²) < 4.78 is 0. The SMILES string of the molecule is CC(C)(C)C1CCCC(N2CCCCCC2C(=O)O)CC1. The summed E-state index contributed by atoms with van der Waals surface area (Å²) in [5.41, 5.74) is 0.389. The van der Waals surface area contributed by atoms with Crippen molar-refractivity contribution in [3.05, 3.63) is 0 Å². The van der Waals surface area contributed by atoms with Crippen LogP contribution in [0.1, 0.15) is 78.6 Å². The number of aliphatic carboxylic acids is 1. The van der Waals surface area contributed by atoms with Crippen molar-refractivity contribution in [2.75, 3.05) is 6.54 Å². The van der Waals surface area contributed by atoms with Gasteiger partial charge >= 0.3 is 5.97 Å². The lowest BCUT2D eigenvalue weighted by molar-refractivity contribution is -0.144. The van der Waals surface area contributed by atoms with Gasteiger partial charge in [0.05, 0.1) is 0 Å². The number of carboxylic acids is 1. The Morgan fingerprint density at radius 2 is 1.71 bits per heavy atom. The largest absolute Gasteiger partial charge is 0.480 e. The molecule has 122 valence electrons. The molecule has 1 heterocycles. The molecule has 3 heteroatoms. The highest BCUT2D eigenvalue weighted by Gasteiger charge is 2.35. The maximum atomic E-state index is 11.6. The molecule has 1 aliphatic heterocycles. The second kappa shape index (κ2) is 7.13. The van der Waals surface area contributed by atoms with E-state index in [-0.39, 0.29) is 6.04 Å². The first kappa shape index (κ1) is 16.8. The molecule has 0 bridgehead atoms. The van der Waals surface area contributed by atoms with Crippen LogP contribution in [-0.4, -0.2) is 34.6 Å². The molecule has 0 aromatic carbocycles. The van der Waals surface area contributed by atoms with Crippen LogP contribution in [0.3, 0.4) is 0 Å². The average molecular weight is 295 g/mol. The molecule has 3 nitrogen and oxygen atoms in total. The smallest absolute Gasteiger partial charge is 0.320 e. The van der Waals surface area contributed by atoms with Crippen LogP contribution in [0.5, 0.6) is 0 Å². The highest BCUT2D eigenvalue weighted by molar-refractivity contribution is 5.73. The van der Waals surface area contributed by atoms with Gasteiger partial charge in [-0.15, -0.1) is 0 Å². The standard InChI is InChI=1S/C18H33NO2/c1-18(2,3)14-8-7-9-15(12-11-14)19-13-6-4-5-10-16(19)17(20)21/h14-16H,4-13H2,1-3H3,(H,20,21). The summed E-state index contributed by atoms with van der Waals surface area (Å²) in [5.74, 6) is 0.186. The molecule has 1 aliphatic carbocycles. The Kier molecular flexibility index (Phi) is 5.70. The molecule has 3 unspecified atom stereocenters. The van der Waals surface area contributed by atoms with E-state index in [1.54, 1.807) is 0 Å². The summed E-state index contributed by atoms with van der Waals surface area (Å²) in [6, 6.07) is 0.264. The van der Waals surface area contributed by atoms with E-state index in [0.717, 1.165) is 25.3 Å². The number of carboxylic acid groups (broad SMARTS) is 1. The number of likely N-dealkylation sites (tertiary alicyclic amines) is 1. The van der Waals surface area contributed by atoms with Crippen LogP contribution >= 0.6 is 0 Å². The van der Waals surface area contributed by atoms with Crippen LogP contribution in [0.15, 0.2) is 0 Å². The zero-order valence-corrected chi connectivity index (χ0v) is 14.1. The van der Waals surface area contributed by atoms with E-state index in [0.29, 0.717) is 11.5 Å². The van der Waals surface area contributed by atoms with E-state index in [1.165, 1.54) is 44.9 Å². The first-order valence-electron chi connectivity index (χ1n) is 8.88. The minimum Gasteiger partial charge on any atom is -0.480 e. The van der Waals surface area contributed by atoms with Crippen LogP contribution in [-0.2, 0) is 4.79 Å². The Labute approximate surface area is 130 Å². The number of nitrogens with zero attached hydrogens (tertiary/aromatic N) is 1.